The van der Waals surface area contributed by atoms with Gasteiger partial charge in [0.05, 0.1) is 16.7 Å². The van der Waals surface area contributed by atoms with Crippen molar-refractivity contribution in [3.05, 3.63) is 45.5 Å². The first-order valence-electron chi connectivity index (χ1n) is 8.18. The van der Waals surface area contributed by atoms with Crippen LogP contribution in [0.2, 0.25) is 0 Å². The molecule has 0 aromatic carbocycles. The van der Waals surface area contributed by atoms with Crippen molar-refractivity contribution >= 4 is 11.3 Å². The smallest absolute Gasteiger partial charge is 0.325 e. The van der Waals surface area contributed by atoms with Crippen molar-refractivity contribution in [3.8, 4) is 11.3 Å². The topological polar surface area (TPSA) is 99.2 Å². The predicted octanol–water partition coefficient (Wildman–Crippen LogP) is 1.01. The van der Waals surface area contributed by atoms with Crippen LogP contribution in [0.15, 0.2) is 34.2 Å². The molecular formula is C16H14F2N6O2. The summed E-state index contributed by atoms with van der Waals surface area (Å²) in [6.45, 7) is 0.488. The summed E-state index contributed by atoms with van der Waals surface area (Å²) < 4.78 is 29.3. The molecule has 1 aliphatic carbocycles. The zero-order valence-electron chi connectivity index (χ0n) is 13.5. The Balaban J connectivity index is 1.59. The van der Waals surface area contributed by atoms with Gasteiger partial charge in [-0.1, -0.05) is 0 Å². The minimum Gasteiger partial charge on any atom is -0.367 e. The second-order valence-electron chi connectivity index (χ2n) is 6.94. The molecule has 26 heavy (non-hydrogen) atoms. The van der Waals surface area contributed by atoms with E-state index in [1.165, 1.54) is 10.7 Å². The number of nitrogens with zero attached hydrogens (tertiary/aromatic N) is 4. The largest absolute Gasteiger partial charge is 0.367 e. The lowest BCUT2D eigenvalue weighted by atomic mass is 9.60. The Morgan fingerprint density at radius 1 is 1.19 bits per heavy atom. The van der Waals surface area contributed by atoms with Crippen LogP contribution in [-0.2, 0) is 0 Å². The fourth-order valence-electron chi connectivity index (χ4n) is 3.78. The minimum absolute atomic E-state index is 0.0615. The third-order valence-corrected chi connectivity index (χ3v) is 5.46. The van der Waals surface area contributed by atoms with Gasteiger partial charge < -0.3 is 9.88 Å². The maximum atomic E-state index is 13.9. The quantitative estimate of drug-likeness (QED) is 0.711. The Labute approximate surface area is 144 Å². The number of hydrogen-bond acceptors (Lipinski definition) is 5. The van der Waals surface area contributed by atoms with Crippen LogP contribution in [0.4, 0.5) is 14.5 Å². The fraction of sp³-hybridized carbons (Fsp3) is 0.375. The first-order chi connectivity index (χ1) is 12.4. The van der Waals surface area contributed by atoms with Gasteiger partial charge in [-0.25, -0.2) is 23.1 Å². The number of aromatic amines is 2. The van der Waals surface area contributed by atoms with Crippen molar-refractivity contribution < 1.29 is 8.78 Å². The molecule has 5 rings (SSSR count). The summed E-state index contributed by atoms with van der Waals surface area (Å²) in [6.07, 6.45) is 4.91. The molecule has 1 aliphatic heterocycles. The van der Waals surface area contributed by atoms with E-state index in [2.05, 4.69) is 20.1 Å². The summed E-state index contributed by atoms with van der Waals surface area (Å²) in [4.78, 5) is 33.9. The molecule has 0 atom stereocenters. The average Bonchev–Trinajstić information content (AvgIpc) is 3.01. The van der Waals surface area contributed by atoms with E-state index in [9.17, 15) is 18.4 Å². The number of aromatic nitrogens is 5. The average molecular weight is 360 g/mol. The highest BCUT2D eigenvalue weighted by Gasteiger charge is 2.67. The summed E-state index contributed by atoms with van der Waals surface area (Å²) in [5.41, 5.74) is -0.451. The van der Waals surface area contributed by atoms with Gasteiger partial charge in [-0.05, 0) is 12.5 Å². The standard InChI is InChI=1S/C16H14F2N6O2/c17-16(18)2-1-15(16)7-23(8-15)11-5-10(22-24-4-3-19-12(11)24)9-6-20-14(26)21-13(9)25/h3-6H,1-2,7-8H2,(H2,20,21,25,26). The molecule has 2 N–H and O–H groups in total. The number of fused-ring (bicyclic) bond motifs is 1. The molecule has 2 fully saturated rings. The van der Waals surface area contributed by atoms with Gasteiger partial charge in [0.1, 0.15) is 5.69 Å². The summed E-state index contributed by atoms with van der Waals surface area (Å²) >= 11 is 0. The first-order valence-corrected chi connectivity index (χ1v) is 8.18. The number of rotatable bonds is 2. The predicted molar refractivity (Wildman–Crippen MR) is 88.5 cm³/mol. The molecule has 0 unspecified atom stereocenters. The van der Waals surface area contributed by atoms with Gasteiger partial charge in [0.15, 0.2) is 5.65 Å². The Hall–Kier alpha value is -3.04. The maximum Gasteiger partial charge on any atom is 0.325 e. The van der Waals surface area contributed by atoms with Crippen LogP contribution in [0.3, 0.4) is 0 Å². The molecule has 0 bridgehead atoms. The van der Waals surface area contributed by atoms with Crippen molar-refractivity contribution in [1.82, 2.24) is 24.6 Å². The normalized spacial score (nSPS) is 20.2. The van der Waals surface area contributed by atoms with E-state index in [0.29, 0.717) is 23.4 Å². The van der Waals surface area contributed by atoms with Crippen LogP contribution in [0, 0.1) is 5.41 Å². The first kappa shape index (κ1) is 15.2. The third-order valence-electron chi connectivity index (χ3n) is 5.46. The van der Waals surface area contributed by atoms with Crippen LogP contribution >= 0.6 is 0 Å². The highest BCUT2D eigenvalue weighted by molar-refractivity contribution is 5.75. The van der Waals surface area contributed by atoms with E-state index in [1.807, 2.05) is 4.90 Å². The molecule has 3 aromatic heterocycles. The molecular weight excluding hydrogens is 346 g/mol. The number of alkyl halides is 2. The molecule has 8 nitrogen and oxygen atoms in total. The number of hydrogen-bond donors (Lipinski definition) is 2. The molecule has 10 heteroatoms. The van der Waals surface area contributed by atoms with Crippen molar-refractivity contribution in [2.45, 2.75) is 18.8 Å². The summed E-state index contributed by atoms with van der Waals surface area (Å²) in [5, 5.41) is 4.33. The van der Waals surface area contributed by atoms with Crippen molar-refractivity contribution in [2.24, 2.45) is 5.41 Å². The maximum absolute atomic E-state index is 13.9. The number of imidazole rings is 1. The van der Waals surface area contributed by atoms with Crippen molar-refractivity contribution in [2.75, 3.05) is 18.0 Å². The lowest BCUT2D eigenvalue weighted by molar-refractivity contribution is -0.212. The fourth-order valence-corrected chi connectivity index (χ4v) is 3.78. The Morgan fingerprint density at radius 2 is 2.00 bits per heavy atom. The zero-order chi connectivity index (χ0) is 18.1. The molecule has 1 saturated heterocycles. The molecule has 1 spiro atoms. The second-order valence-corrected chi connectivity index (χ2v) is 6.94. The number of anilines is 1. The second kappa shape index (κ2) is 4.77. The van der Waals surface area contributed by atoms with Gasteiger partial charge in [-0.3, -0.25) is 9.78 Å². The van der Waals surface area contributed by atoms with Crippen LogP contribution in [0.1, 0.15) is 12.8 Å². The monoisotopic (exact) mass is 360 g/mol. The summed E-state index contributed by atoms with van der Waals surface area (Å²) in [5.74, 6) is -2.62. The molecule has 3 aromatic rings. The lowest BCUT2D eigenvalue weighted by Crippen LogP contribution is -2.70. The van der Waals surface area contributed by atoms with Gasteiger partial charge in [0.25, 0.3) is 11.5 Å². The van der Waals surface area contributed by atoms with E-state index in [1.54, 1.807) is 18.5 Å². The SMILES string of the molecule is O=c1[nH]cc(-c2cc(N3CC4(CCC4(F)F)C3)c3nccn3n2)c(=O)[nH]1. The third kappa shape index (κ3) is 1.92. The van der Waals surface area contributed by atoms with Crippen LogP contribution in [0.25, 0.3) is 16.9 Å². The van der Waals surface area contributed by atoms with Gasteiger partial charge in [-0.2, -0.15) is 5.10 Å². The molecule has 0 radical (unpaired) electrons. The van der Waals surface area contributed by atoms with Crippen LogP contribution < -0.4 is 16.1 Å². The summed E-state index contributed by atoms with van der Waals surface area (Å²) in [7, 11) is 0. The van der Waals surface area contributed by atoms with Gasteiger partial charge >= 0.3 is 5.69 Å². The number of H-pyrrole nitrogens is 2. The van der Waals surface area contributed by atoms with Crippen molar-refractivity contribution in [1.29, 1.82) is 0 Å². The van der Waals surface area contributed by atoms with Gasteiger partial charge in [0.2, 0.25) is 0 Å². The van der Waals surface area contributed by atoms with Gasteiger partial charge in [-0.15, -0.1) is 0 Å². The van der Waals surface area contributed by atoms with Gasteiger partial charge in [0, 0.05) is 38.1 Å². The number of halogens is 2. The van der Waals surface area contributed by atoms with Crippen molar-refractivity contribution in [3.63, 3.8) is 0 Å². The Kier molecular flexibility index (Phi) is 2.80. The van der Waals surface area contributed by atoms with E-state index in [0.717, 1.165) is 0 Å². The zero-order valence-corrected chi connectivity index (χ0v) is 13.5. The Bertz CT molecular complexity index is 1140. The molecule has 134 valence electrons. The van der Waals surface area contributed by atoms with Crippen LogP contribution in [-0.4, -0.2) is 43.6 Å². The molecule has 0 amide bonds. The molecule has 4 heterocycles. The Morgan fingerprint density at radius 3 is 2.65 bits per heavy atom. The van der Waals surface area contributed by atoms with E-state index in [-0.39, 0.29) is 25.1 Å². The van der Waals surface area contributed by atoms with E-state index in [4.69, 9.17) is 0 Å². The minimum atomic E-state index is -2.62. The van der Waals surface area contributed by atoms with E-state index >= 15 is 0 Å². The number of nitrogens with one attached hydrogen (secondary N) is 2. The lowest BCUT2D eigenvalue weighted by Gasteiger charge is -2.60. The highest BCUT2D eigenvalue weighted by atomic mass is 19.3. The molecule has 1 saturated carbocycles. The molecule has 2 aliphatic rings. The summed E-state index contributed by atoms with van der Waals surface area (Å²) in [6, 6.07) is 1.65. The van der Waals surface area contributed by atoms with E-state index < -0.39 is 22.6 Å². The highest BCUT2D eigenvalue weighted by Crippen LogP contribution is 2.59. The van der Waals surface area contributed by atoms with Crippen LogP contribution in [0.5, 0.6) is 0 Å².